The summed E-state index contributed by atoms with van der Waals surface area (Å²) in [6.45, 7) is 0. The molecule has 0 aromatic heterocycles. The first-order chi connectivity index (χ1) is 8.79. The van der Waals surface area contributed by atoms with Crippen molar-refractivity contribution >= 4 is 15.8 Å². The summed E-state index contributed by atoms with van der Waals surface area (Å²) in [6, 6.07) is 9.76. The molecule has 0 aliphatic rings. The van der Waals surface area contributed by atoms with Gasteiger partial charge < -0.3 is 4.55 Å². The highest BCUT2D eigenvalue weighted by molar-refractivity contribution is 7.86. The standard InChI is InChI=1S/C10H13N2.CHF3O3S/c1-12(2,3)10-6-4-9(8-11)5-7-10;2-1(3,4)8(5,6)7/h4-7H,1-3H3;(H,5,6,7)/q+1;/p-1. The first-order valence-corrected chi connectivity index (χ1v) is 6.54. The zero-order chi connectivity index (χ0) is 16.2. The fourth-order valence-electron chi connectivity index (χ4n) is 0.983. The van der Waals surface area contributed by atoms with Crippen molar-refractivity contribution in [3.8, 4) is 6.07 Å². The summed E-state index contributed by atoms with van der Waals surface area (Å²) >= 11 is 0. The number of hydrogen-bond acceptors (Lipinski definition) is 4. The van der Waals surface area contributed by atoms with Crippen LogP contribution in [0, 0.1) is 11.3 Å². The predicted octanol–water partition coefficient (Wildman–Crippen LogP) is 1.81. The molecule has 0 bridgehead atoms. The lowest BCUT2D eigenvalue weighted by molar-refractivity contribution is -0.0517. The van der Waals surface area contributed by atoms with E-state index in [2.05, 4.69) is 27.2 Å². The molecule has 0 radical (unpaired) electrons. The van der Waals surface area contributed by atoms with Gasteiger partial charge in [0.05, 0.1) is 32.8 Å². The van der Waals surface area contributed by atoms with Crippen molar-refractivity contribution < 1.29 is 26.1 Å². The van der Waals surface area contributed by atoms with E-state index >= 15 is 0 Å². The van der Waals surface area contributed by atoms with Gasteiger partial charge in [-0.15, -0.1) is 0 Å². The third-order valence-electron chi connectivity index (χ3n) is 2.05. The van der Waals surface area contributed by atoms with Gasteiger partial charge in [-0.25, -0.2) is 8.42 Å². The van der Waals surface area contributed by atoms with Gasteiger partial charge in [0, 0.05) is 12.1 Å². The van der Waals surface area contributed by atoms with Gasteiger partial charge in [-0.2, -0.15) is 18.4 Å². The van der Waals surface area contributed by atoms with Crippen LogP contribution in [0.4, 0.5) is 18.9 Å². The zero-order valence-electron chi connectivity index (χ0n) is 11.0. The summed E-state index contributed by atoms with van der Waals surface area (Å²) < 4.78 is 59.7. The van der Waals surface area contributed by atoms with Gasteiger partial charge in [0.25, 0.3) is 0 Å². The van der Waals surface area contributed by atoms with Crippen molar-refractivity contribution in [3.05, 3.63) is 29.8 Å². The highest BCUT2D eigenvalue weighted by Crippen LogP contribution is 2.20. The van der Waals surface area contributed by atoms with Crippen LogP contribution >= 0.6 is 0 Å². The van der Waals surface area contributed by atoms with E-state index < -0.39 is 15.6 Å². The zero-order valence-corrected chi connectivity index (χ0v) is 11.8. The van der Waals surface area contributed by atoms with Crippen molar-refractivity contribution in [2.45, 2.75) is 5.51 Å². The second-order valence-electron chi connectivity index (χ2n) is 4.57. The minimum Gasteiger partial charge on any atom is -0.741 e. The fraction of sp³-hybridized carbons (Fsp3) is 0.364. The van der Waals surface area contributed by atoms with Crippen LogP contribution in [0.25, 0.3) is 0 Å². The first kappa shape index (κ1) is 18.4. The van der Waals surface area contributed by atoms with E-state index in [0.29, 0.717) is 5.56 Å². The van der Waals surface area contributed by atoms with Gasteiger partial charge in [0.1, 0.15) is 5.69 Å². The third-order valence-corrected chi connectivity index (χ3v) is 2.62. The molecule has 0 atom stereocenters. The Morgan fingerprint density at radius 3 is 1.70 bits per heavy atom. The van der Waals surface area contributed by atoms with Crippen LogP contribution in [0.1, 0.15) is 5.56 Å². The lowest BCUT2D eigenvalue weighted by Crippen LogP contribution is -2.34. The normalized spacial score (nSPS) is 12.1. The van der Waals surface area contributed by atoms with Crippen LogP contribution in [0.5, 0.6) is 0 Å². The summed E-state index contributed by atoms with van der Waals surface area (Å²) in [7, 11) is 0.205. The van der Waals surface area contributed by atoms with E-state index in [-0.39, 0.29) is 0 Å². The van der Waals surface area contributed by atoms with Crippen molar-refractivity contribution in [2.75, 3.05) is 21.1 Å². The number of nitrogens with zero attached hydrogens (tertiary/aromatic N) is 2. The molecule has 0 aliphatic heterocycles. The minimum absolute atomic E-state index is 0.715. The van der Waals surface area contributed by atoms with Gasteiger partial charge >= 0.3 is 5.51 Å². The molecule has 1 aromatic carbocycles. The van der Waals surface area contributed by atoms with Crippen molar-refractivity contribution in [1.29, 1.82) is 5.26 Å². The predicted molar refractivity (Wildman–Crippen MR) is 66.5 cm³/mol. The molecule has 0 saturated carbocycles. The summed E-state index contributed by atoms with van der Waals surface area (Å²) in [6.07, 6.45) is 0. The van der Waals surface area contributed by atoms with Gasteiger partial charge in [-0.1, -0.05) is 0 Å². The Balaban J connectivity index is 0.000000396. The molecular formula is C11H13F3N2O3S. The van der Waals surface area contributed by atoms with Gasteiger partial charge in [-0.05, 0) is 12.1 Å². The minimum atomic E-state index is -6.09. The van der Waals surface area contributed by atoms with Gasteiger partial charge in [0.2, 0.25) is 0 Å². The Hall–Kier alpha value is -1.63. The quantitative estimate of drug-likeness (QED) is 0.450. The summed E-state index contributed by atoms with van der Waals surface area (Å²) in [4.78, 5) is 0. The van der Waals surface area contributed by atoms with E-state index in [1.165, 1.54) is 5.69 Å². The van der Waals surface area contributed by atoms with Crippen LogP contribution in [0.3, 0.4) is 0 Å². The molecule has 0 unspecified atom stereocenters. The summed E-state index contributed by atoms with van der Waals surface area (Å²) in [5.41, 5.74) is -3.73. The van der Waals surface area contributed by atoms with Crippen LogP contribution < -0.4 is 4.48 Å². The molecule has 5 nitrogen and oxygen atoms in total. The molecule has 0 spiro atoms. The average molecular weight is 310 g/mol. The Bertz CT molecular complexity index is 581. The Morgan fingerprint density at radius 1 is 1.15 bits per heavy atom. The number of benzene rings is 1. The third kappa shape index (κ3) is 6.01. The van der Waals surface area contributed by atoms with E-state index in [1.54, 1.807) is 0 Å². The number of hydrogen-bond donors (Lipinski definition) is 0. The molecule has 0 aliphatic carbocycles. The average Bonchev–Trinajstić information content (AvgIpc) is 2.26. The maximum atomic E-state index is 10.7. The number of quaternary nitrogens is 1. The molecule has 0 amide bonds. The smallest absolute Gasteiger partial charge is 0.485 e. The van der Waals surface area contributed by atoms with Crippen LogP contribution in [0.15, 0.2) is 24.3 Å². The second kappa shape index (κ2) is 6.21. The summed E-state index contributed by atoms with van der Waals surface area (Å²) in [5.74, 6) is 0. The Morgan fingerprint density at radius 2 is 1.50 bits per heavy atom. The molecule has 1 aromatic rings. The largest absolute Gasteiger partial charge is 0.741 e. The molecule has 9 heteroatoms. The van der Waals surface area contributed by atoms with Crippen molar-refractivity contribution in [2.24, 2.45) is 0 Å². The molecular weight excluding hydrogens is 297 g/mol. The number of alkyl halides is 3. The molecule has 0 fully saturated rings. The molecule has 0 N–H and O–H groups in total. The lowest BCUT2D eigenvalue weighted by atomic mass is 10.2. The highest BCUT2D eigenvalue weighted by atomic mass is 32.2. The maximum Gasteiger partial charge on any atom is 0.485 e. The van der Waals surface area contributed by atoms with Gasteiger partial charge in [-0.3, -0.25) is 4.48 Å². The summed E-state index contributed by atoms with van der Waals surface area (Å²) in [5, 5.41) is 8.58. The molecule has 112 valence electrons. The second-order valence-corrected chi connectivity index (χ2v) is 5.94. The van der Waals surface area contributed by atoms with E-state index in [9.17, 15) is 13.2 Å². The Labute approximate surface area is 115 Å². The molecule has 0 heterocycles. The molecule has 1 rings (SSSR count). The monoisotopic (exact) mass is 310 g/mol. The number of nitriles is 1. The maximum absolute atomic E-state index is 10.7. The first-order valence-electron chi connectivity index (χ1n) is 5.13. The van der Waals surface area contributed by atoms with E-state index in [1.807, 2.05) is 24.3 Å². The highest BCUT2D eigenvalue weighted by Gasteiger charge is 2.36. The van der Waals surface area contributed by atoms with Crippen molar-refractivity contribution in [3.63, 3.8) is 0 Å². The molecule has 20 heavy (non-hydrogen) atoms. The fourth-order valence-corrected chi connectivity index (χ4v) is 0.983. The number of rotatable bonds is 1. The van der Waals surface area contributed by atoms with Gasteiger partial charge in [0.15, 0.2) is 10.1 Å². The molecule has 0 saturated heterocycles. The SMILES string of the molecule is C[N+](C)(C)c1ccc(C#N)cc1.O=S(=O)([O-])C(F)(F)F. The lowest BCUT2D eigenvalue weighted by Gasteiger charge is -2.23. The van der Waals surface area contributed by atoms with Crippen molar-refractivity contribution in [1.82, 2.24) is 4.48 Å². The van der Waals surface area contributed by atoms with Crippen LogP contribution in [0.2, 0.25) is 0 Å². The number of halogens is 3. The van der Waals surface area contributed by atoms with E-state index in [4.69, 9.17) is 18.2 Å². The topological polar surface area (TPSA) is 81.0 Å². The van der Waals surface area contributed by atoms with Crippen LogP contribution in [-0.4, -0.2) is 39.6 Å². The van der Waals surface area contributed by atoms with E-state index in [0.717, 1.165) is 4.48 Å². The Kier molecular flexibility index (Phi) is 5.71. The van der Waals surface area contributed by atoms with Crippen LogP contribution in [-0.2, 0) is 10.1 Å².